The smallest absolute Gasteiger partial charge is 0.225 e. The lowest BCUT2D eigenvalue weighted by Crippen LogP contribution is -2.66. The molecule has 3 aliphatic rings. The molecular formula is C19H26N2O2. The van der Waals surface area contributed by atoms with E-state index in [1.807, 2.05) is 0 Å². The minimum absolute atomic E-state index is 0.169. The van der Waals surface area contributed by atoms with Crippen LogP contribution >= 0.6 is 0 Å². The minimum atomic E-state index is -0.341. The van der Waals surface area contributed by atoms with Gasteiger partial charge in [0.15, 0.2) is 0 Å². The highest BCUT2D eigenvalue weighted by atomic mass is 16.5. The first-order chi connectivity index (χ1) is 11.0. The van der Waals surface area contributed by atoms with Crippen molar-refractivity contribution < 1.29 is 9.53 Å². The molecule has 3 saturated heterocycles. The van der Waals surface area contributed by atoms with Gasteiger partial charge in [-0.1, -0.05) is 30.3 Å². The van der Waals surface area contributed by atoms with E-state index in [2.05, 4.69) is 54.0 Å². The Bertz CT molecular complexity index is 601. The first-order valence-electron chi connectivity index (χ1n) is 8.75. The maximum absolute atomic E-state index is 12.5. The van der Waals surface area contributed by atoms with Crippen LogP contribution in [0.15, 0.2) is 30.3 Å². The zero-order valence-corrected chi connectivity index (χ0v) is 14.1. The lowest BCUT2D eigenvalue weighted by atomic mass is 9.78. The van der Waals surface area contributed by atoms with Crippen LogP contribution in [0.3, 0.4) is 0 Å². The van der Waals surface area contributed by atoms with Gasteiger partial charge in [0.2, 0.25) is 5.91 Å². The Labute approximate surface area is 138 Å². The Morgan fingerprint density at radius 1 is 1.26 bits per heavy atom. The Morgan fingerprint density at radius 2 is 2.04 bits per heavy atom. The molecule has 0 bridgehead atoms. The van der Waals surface area contributed by atoms with Gasteiger partial charge in [-0.25, -0.2) is 0 Å². The van der Waals surface area contributed by atoms with Crippen molar-refractivity contribution in [3.05, 3.63) is 35.9 Å². The Balaban J connectivity index is 1.54. The molecule has 1 aromatic carbocycles. The van der Waals surface area contributed by atoms with Crippen LogP contribution in [0.5, 0.6) is 0 Å². The summed E-state index contributed by atoms with van der Waals surface area (Å²) in [6, 6.07) is 10.6. The maximum Gasteiger partial charge on any atom is 0.225 e. The Morgan fingerprint density at radius 3 is 2.83 bits per heavy atom. The summed E-state index contributed by atoms with van der Waals surface area (Å²) < 4.78 is 6.31. The van der Waals surface area contributed by atoms with E-state index < -0.39 is 0 Å². The lowest BCUT2D eigenvalue weighted by Gasteiger charge is -2.54. The number of hydrogen-bond acceptors (Lipinski definition) is 3. The van der Waals surface area contributed by atoms with Crippen LogP contribution in [-0.4, -0.2) is 46.7 Å². The van der Waals surface area contributed by atoms with Gasteiger partial charge in [0, 0.05) is 38.4 Å². The third kappa shape index (κ3) is 2.39. The van der Waals surface area contributed by atoms with Crippen LogP contribution in [0.2, 0.25) is 0 Å². The van der Waals surface area contributed by atoms with Crippen LogP contribution in [0, 0.1) is 5.92 Å². The molecule has 0 aliphatic carbocycles. The number of piperidine rings is 2. The highest BCUT2D eigenvalue weighted by molar-refractivity contribution is 5.79. The number of carbonyl (C=O) groups excluding carboxylic acids is 1. The van der Waals surface area contributed by atoms with Gasteiger partial charge in [-0.2, -0.15) is 0 Å². The predicted octanol–water partition coefficient (Wildman–Crippen LogP) is 2.64. The van der Waals surface area contributed by atoms with Gasteiger partial charge >= 0.3 is 0 Å². The molecule has 1 aromatic rings. The molecule has 4 nitrogen and oxygen atoms in total. The second-order valence-electron chi connectivity index (χ2n) is 7.88. The van der Waals surface area contributed by atoms with Gasteiger partial charge in [0.05, 0.1) is 12.1 Å². The van der Waals surface area contributed by atoms with E-state index in [0.29, 0.717) is 18.9 Å². The summed E-state index contributed by atoms with van der Waals surface area (Å²) in [4.78, 5) is 17.2. The van der Waals surface area contributed by atoms with Crippen molar-refractivity contribution in [1.82, 2.24) is 9.80 Å². The first kappa shape index (κ1) is 15.2. The summed E-state index contributed by atoms with van der Waals surface area (Å²) in [5, 5.41) is 0. The lowest BCUT2D eigenvalue weighted by molar-refractivity contribution is -0.195. The highest BCUT2D eigenvalue weighted by Crippen LogP contribution is 2.49. The van der Waals surface area contributed by atoms with Crippen molar-refractivity contribution >= 4 is 5.91 Å². The van der Waals surface area contributed by atoms with Crippen molar-refractivity contribution in [2.75, 3.05) is 19.7 Å². The molecule has 4 rings (SSSR count). The molecule has 0 N–H and O–H groups in total. The maximum atomic E-state index is 12.5. The topological polar surface area (TPSA) is 32.8 Å². The summed E-state index contributed by atoms with van der Waals surface area (Å²) in [5.74, 6) is 0.708. The van der Waals surface area contributed by atoms with Gasteiger partial charge in [0.25, 0.3) is 0 Å². The van der Waals surface area contributed by atoms with E-state index in [1.165, 1.54) is 5.56 Å². The molecule has 0 radical (unpaired) electrons. The summed E-state index contributed by atoms with van der Waals surface area (Å²) in [7, 11) is 0. The van der Waals surface area contributed by atoms with Gasteiger partial charge in [-0.05, 0) is 25.8 Å². The highest BCUT2D eigenvalue weighted by Gasteiger charge is 2.61. The number of carbonyl (C=O) groups is 1. The number of amides is 1. The molecule has 4 heteroatoms. The fourth-order valence-corrected chi connectivity index (χ4v) is 4.76. The Hall–Kier alpha value is -1.39. The van der Waals surface area contributed by atoms with Crippen LogP contribution in [0.4, 0.5) is 0 Å². The quantitative estimate of drug-likeness (QED) is 0.841. The summed E-state index contributed by atoms with van der Waals surface area (Å²) in [6.45, 7) is 7.94. The second-order valence-corrected chi connectivity index (χ2v) is 7.88. The van der Waals surface area contributed by atoms with Crippen molar-refractivity contribution in [3.8, 4) is 0 Å². The zero-order chi connectivity index (χ0) is 16.1. The third-order valence-electron chi connectivity index (χ3n) is 5.77. The van der Waals surface area contributed by atoms with Crippen LogP contribution in [-0.2, 0) is 16.1 Å². The average Bonchev–Trinajstić information content (AvgIpc) is 2.82. The van der Waals surface area contributed by atoms with E-state index >= 15 is 0 Å². The van der Waals surface area contributed by atoms with Crippen molar-refractivity contribution in [2.24, 2.45) is 5.92 Å². The molecule has 0 aromatic heterocycles. The molecule has 1 amide bonds. The zero-order valence-electron chi connectivity index (χ0n) is 14.1. The van der Waals surface area contributed by atoms with Gasteiger partial charge in [-0.15, -0.1) is 0 Å². The number of likely N-dealkylation sites (tertiary alicyclic amines) is 1. The molecule has 2 atom stereocenters. The molecular weight excluding hydrogens is 288 g/mol. The van der Waals surface area contributed by atoms with Crippen molar-refractivity contribution in [1.29, 1.82) is 0 Å². The minimum Gasteiger partial charge on any atom is -0.353 e. The summed E-state index contributed by atoms with van der Waals surface area (Å²) in [6.07, 6.45) is 2.55. The van der Waals surface area contributed by atoms with Crippen LogP contribution < -0.4 is 0 Å². The number of nitrogens with zero attached hydrogens (tertiary/aromatic N) is 2. The number of hydrogen-bond donors (Lipinski definition) is 0. The van der Waals surface area contributed by atoms with E-state index in [9.17, 15) is 4.79 Å². The first-order valence-corrected chi connectivity index (χ1v) is 8.75. The number of ether oxygens (including phenoxy) is 1. The number of rotatable bonds is 2. The number of benzene rings is 1. The summed E-state index contributed by atoms with van der Waals surface area (Å²) >= 11 is 0. The molecule has 0 unspecified atom stereocenters. The van der Waals surface area contributed by atoms with E-state index in [0.717, 1.165) is 32.5 Å². The molecule has 3 heterocycles. The largest absolute Gasteiger partial charge is 0.353 e. The van der Waals surface area contributed by atoms with E-state index in [1.54, 1.807) is 0 Å². The molecule has 3 fully saturated rings. The standard InChI is InChI=1S/C19H26N2O2/c1-18(2)14-23-19-10-11-20(12-15-6-4-3-5-7-15)13-16(19)8-9-17(22)21(18)19/h3-7,16H,8-14H2,1-2H3/t16-,19-/m0/s1. The van der Waals surface area contributed by atoms with Crippen molar-refractivity contribution in [2.45, 2.75) is 50.9 Å². The van der Waals surface area contributed by atoms with Crippen LogP contribution in [0.1, 0.15) is 38.7 Å². The fraction of sp³-hybridized carbons (Fsp3) is 0.632. The fourth-order valence-electron chi connectivity index (χ4n) is 4.76. The molecule has 23 heavy (non-hydrogen) atoms. The van der Waals surface area contributed by atoms with Crippen molar-refractivity contribution in [3.63, 3.8) is 0 Å². The van der Waals surface area contributed by atoms with Gasteiger partial charge in [-0.3, -0.25) is 9.69 Å². The monoisotopic (exact) mass is 314 g/mol. The predicted molar refractivity (Wildman–Crippen MR) is 88.7 cm³/mol. The Kier molecular flexibility index (Phi) is 3.50. The normalized spacial score (nSPS) is 33.4. The third-order valence-corrected chi connectivity index (χ3v) is 5.77. The SMILES string of the molecule is CC1(C)CO[C@@]23CCN(Cc4ccccc4)C[C@@H]2CCC(=O)N13. The van der Waals surface area contributed by atoms with Gasteiger partial charge in [0.1, 0.15) is 5.72 Å². The molecule has 0 saturated carbocycles. The van der Waals surface area contributed by atoms with Gasteiger partial charge < -0.3 is 9.64 Å². The molecule has 124 valence electrons. The van der Waals surface area contributed by atoms with E-state index in [4.69, 9.17) is 4.74 Å². The van der Waals surface area contributed by atoms with Crippen LogP contribution in [0.25, 0.3) is 0 Å². The second kappa shape index (κ2) is 5.32. The summed E-state index contributed by atoms with van der Waals surface area (Å²) in [5.41, 5.74) is 0.850. The van der Waals surface area contributed by atoms with E-state index in [-0.39, 0.29) is 17.2 Å². The average molecular weight is 314 g/mol. The molecule has 3 aliphatic heterocycles. The molecule has 1 spiro atoms.